The third kappa shape index (κ3) is 4.90. The summed E-state index contributed by atoms with van der Waals surface area (Å²) in [6.07, 6.45) is 0. The number of rotatable bonds is 6. The van der Waals surface area contributed by atoms with Gasteiger partial charge in [0.15, 0.2) is 0 Å². The third-order valence-electron chi connectivity index (χ3n) is 3.38. The van der Waals surface area contributed by atoms with E-state index in [1.807, 2.05) is 62.2 Å². The van der Waals surface area contributed by atoms with E-state index in [1.54, 1.807) is 0 Å². The molecule has 1 aromatic heterocycles. The molecule has 1 atom stereocenters. The van der Waals surface area contributed by atoms with E-state index in [2.05, 4.69) is 5.32 Å². The van der Waals surface area contributed by atoms with Gasteiger partial charge in [-0.25, -0.2) is 0 Å². The van der Waals surface area contributed by atoms with Crippen molar-refractivity contribution in [2.75, 3.05) is 13.6 Å². The molecule has 2 rings (SSSR count). The number of hydrogen-bond donors (Lipinski definition) is 1. The van der Waals surface area contributed by atoms with Gasteiger partial charge in [-0.15, -0.1) is 0 Å². The Bertz CT molecular complexity index is 622. The van der Waals surface area contributed by atoms with Crippen molar-refractivity contribution in [3.05, 3.63) is 58.5 Å². The molecule has 1 aromatic carbocycles. The van der Waals surface area contributed by atoms with Crippen LogP contribution in [0.1, 0.15) is 30.0 Å². The molecule has 22 heavy (non-hydrogen) atoms. The molecule has 0 bridgehead atoms. The Kier molecular flexibility index (Phi) is 5.63. The molecule has 0 unspecified atom stereocenters. The van der Waals surface area contributed by atoms with Crippen molar-refractivity contribution >= 4 is 17.5 Å². The molecule has 4 nitrogen and oxygen atoms in total. The van der Waals surface area contributed by atoms with Gasteiger partial charge in [0.25, 0.3) is 0 Å². The van der Waals surface area contributed by atoms with Crippen molar-refractivity contribution < 1.29 is 9.21 Å². The van der Waals surface area contributed by atoms with Crippen LogP contribution in [0.5, 0.6) is 0 Å². The molecule has 0 spiro atoms. The second-order valence-corrected chi connectivity index (χ2v) is 5.96. The Morgan fingerprint density at radius 3 is 2.55 bits per heavy atom. The molecular formula is C17H21ClN2O2. The minimum atomic E-state index is -0.0518. The highest BCUT2D eigenvalue weighted by molar-refractivity contribution is 6.30. The van der Waals surface area contributed by atoms with Gasteiger partial charge in [0.05, 0.1) is 19.1 Å². The smallest absolute Gasteiger partial charge is 0.234 e. The zero-order valence-corrected chi connectivity index (χ0v) is 13.9. The first-order chi connectivity index (χ1) is 10.4. The van der Waals surface area contributed by atoms with Crippen LogP contribution in [0.4, 0.5) is 0 Å². The number of halogens is 1. The highest BCUT2D eigenvalue weighted by atomic mass is 35.5. The molecule has 0 saturated heterocycles. The van der Waals surface area contributed by atoms with Gasteiger partial charge in [-0.2, -0.15) is 0 Å². The predicted octanol–water partition coefficient (Wildman–Crippen LogP) is 3.55. The van der Waals surface area contributed by atoms with E-state index in [9.17, 15) is 4.79 Å². The highest BCUT2D eigenvalue weighted by Gasteiger charge is 2.12. The average Bonchev–Trinajstić information content (AvgIpc) is 2.84. The van der Waals surface area contributed by atoms with Gasteiger partial charge in [0.1, 0.15) is 11.5 Å². The first-order valence-corrected chi connectivity index (χ1v) is 7.60. The van der Waals surface area contributed by atoms with E-state index >= 15 is 0 Å². The summed E-state index contributed by atoms with van der Waals surface area (Å²) in [5.41, 5.74) is 1.03. The van der Waals surface area contributed by atoms with Gasteiger partial charge in [0.2, 0.25) is 5.91 Å². The number of nitrogens with zero attached hydrogens (tertiary/aromatic N) is 1. The Morgan fingerprint density at radius 2 is 1.95 bits per heavy atom. The number of benzene rings is 1. The topological polar surface area (TPSA) is 45.5 Å². The SMILES string of the molecule is Cc1ccc(CN(C)CC(=O)N[C@@H](C)c2ccc(Cl)cc2)o1. The summed E-state index contributed by atoms with van der Waals surface area (Å²) >= 11 is 5.87. The Balaban J connectivity index is 1.82. The Morgan fingerprint density at radius 1 is 1.27 bits per heavy atom. The monoisotopic (exact) mass is 320 g/mol. The lowest BCUT2D eigenvalue weighted by Crippen LogP contribution is -2.36. The summed E-state index contributed by atoms with van der Waals surface area (Å²) in [7, 11) is 1.89. The predicted molar refractivity (Wildman–Crippen MR) is 87.8 cm³/mol. The van der Waals surface area contributed by atoms with Crippen molar-refractivity contribution in [2.45, 2.75) is 26.4 Å². The number of likely N-dealkylation sites (N-methyl/N-ethyl adjacent to an activating group) is 1. The maximum Gasteiger partial charge on any atom is 0.234 e. The number of nitrogens with one attached hydrogen (secondary N) is 1. The van der Waals surface area contributed by atoms with E-state index in [4.69, 9.17) is 16.0 Å². The molecule has 5 heteroatoms. The van der Waals surface area contributed by atoms with Crippen LogP contribution in [-0.2, 0) is 11.3 Å². The van der Waals surface area contributed by atoms with Crippen molar-refractivity contribution in [1.82, 2.24) is 10.2 Å². The summed E-state index contributed by atoms with van der Waals surface area (Å²) in [6.45, 7) is 4.79. The van der Waals surface area contributed by atoms with Crippen LogP contribution in [-0.4, -0.2) is 24.4 Å². The molecule has 0 aliphatic carbocycles. The zero-order valence-electron chi connectivity index (χ0n) is 13.1. The summed E-state index contributed by atoms with van der Waals surface area (Å²) < 4.78 is 5.51. The summed E-state index contributed by atoms with van der Waals surface area (Å²) in [6, 6.07) is 11.3. The van der Waals surface area contributed by atoms with Crippen molar-refractivity contribution in [3.63, 3.8) is 0 Å². The van der Waals surface area contributed by atoms with Crippen molar-refractivity contribution in [3.8, 4) is 0 Å². The standard InChI is InChI=1S/C17H21ClN2O2/c1-12-4-9-16(22-12)10-20(3)11-17(21)19-13(2)14-5-7-15(18)8-6-14/h4-9,13H,10-11H2,1-3H3,(H,19,21)/t13-/m0/s1. The number of carbonyl (C=O) groups excluding carboxylic acids is 1. The first kappa shape index (κ1) is 16.6. The van der Waals surface area contributed by atoms with Crippen LogP contribution < -0.4 is 5.32 Å². The first-order valence-electron chi connectivity index (χ1n) is 7.22. The largest absolute Gasteiger partial charge is 0.465 e. The molecule has 0 aliphatic heterocycles. The average molecular weight is 321 g/mol. The lowest BCUT2D eigenvalue weighted by molar-refractivity contribution is -0.122. The van der Waals surface area contributed by atoms with E-state index in [-0.39, 0.29) is 11.9 Å². The number of amides is 1. The minimum absolute atomic E-state index is 0.0202. The molecule has 1 amide bonds. The van der Waals surface area contributed by atoms with Crippen LogP contribution in [0, 0.1) is 6.92 Å². The molecule has 0 saturated carbocycles. The lowest BCUT2D eigenvalue weighted by Gasteiger charge is -2.18. The Hall–Kier alpha value is -1.78. The van der Waals surface area contributed by atoms with E-state index < -0.39 is 0 Å². The molecule has 2 aromatic rings. The molecule has 1 heterocycles. The van der Waals surface area contributed by atoms with Crippen LogP contribution in [0.15, 0.2) is 40.8 Å². The maximum atomic E-state index is 12.1. The van der Waals surface area contributed by atoms with Gasteiger partial charge in [-0.05, 0) is 50.7 Å². The summed E-state index contributed by atoms with van der Waals surface area (Å²) in [5.74, 6) is 1.72. The number of aryl methyl sites for hydroxylation is 1. The molecule has 0 fully saturated rings. The van der Waals surface area contributed by atoms with Crippen LogP contribution >= 0.6 is 11.6 Å². The second kappa shape index (κ2) is 7.47. The van der Waals surface area contributed by atoms with Gasteiger partial charge >= 0.3 is 0 Å². The van der Waals surface area contributed by atoms with Crippen LogP contribution in [0.25, 0.3) is 0 Å². The molecule has 118 valence electrons. The summed E-state index contributed by atoms with van der Waals surface area (Å²) in [4.78, 5) is 14.0. The zero-order chi connectivity index (χ0) is 16.1. The fourth-order valence-electron chi connectivity index (χ4n) is 2.26. The van der Waals surface area contributed by atoms with Crippen LogP contribution in [0.2, 0.25) is 5.02 Å². The molecule has 1 N–H and O–H groups in total. The highest BCUT2D eigenvalue weighted by Crippen LogP contribution is 2.16. The fraction of sp³-hybridized carbons (Fsp3) is 0.353. The quantitative estimate of drug-likeness (QED) is 0.885. The number of carbonyl (C=O) groups is 1. The van der Waals surface area contributed by atoms with Crippen LogP contribution in [0.3, 0.4) is 0 Å². The van der Waals surface area contributed by atoms with Gasteiger partial charge in [-0.1, -0.05) is 23.7 Å². The maximum absolute atomic E-state index is 12.1. The van der Waals surface area contributed by atoms with E-state index in [1.165, 1.54) is 0 Å². The molecule has 0 aliphatic rings. The van der Waals surface area contributed by atoms with Gasteiger partial charge in [-0.3, -0.25) is 9.69 Å². The molecule has 0 radical (unpaired) electrons. The van der Waals surface area contributed by atoms with E-state index in [0.29, 0.717) is 18.1 Å². The summed E-state index contributed by atoms with van der Waals surface area (Å²) in [5, 5.41) is 3.67. The normalized spacial score (nSPS) is 12.4. The van der Waals surface area contributed by atoms with Crippen molar-refractivity contribution in [1.29, 1.82) is 0 Å². The third-order valence-corrected chi connectivity index (χ3v) is 3.63. The van der Waals surface area contributed by atoms with E-state index in [0.717, 1.165) is 17.1 Å². The van der Waals surface area contributed by atoms with Crippen molar-refractivity contribution in [2.24, 2.45) is 0 Å². The Labute approximate surface area is 136 Å². The fourth-order valence-corrected chi connectivity index (χ4v) is 2.39. The number of furan rings is 1. The number of hydrogen-bond acceptors (Lipinski definition) is 3. The van der Waals surface area contributed by atoms with Gasteiger partial charge < -0.3 is 9.73 Å². The lowest BCUT2D eigenvalue weighted by atomic mass is 10.1. The minimum Gasteiger partial charge on any atom is -0.465 e. The van der Waals surface area contributed by atoms with Gasteiger partial charge in [0, 0.05) is 5.02 Å². The molecular weight excluding hydrogens is 300 g/mol. The second-order valence-electron chi connectivity index (χ2n) is 5.53.